The summed E-state index contributed by atoms with van der Waals surface area (Å²) in [4.78, 5) is 1.60. The van der Waals surface area contributed by atoms with Crippen LogP contribution in [0.5, 0.6) is 0 Å². The Kier molecular flexibility index (Phi) is 5.28. The Balaban J connectivity index is 1.80. The van der Waals surface area contributed by atoms with Crippen molar-refractivity contribution in [3.05, 3.63) is 40.4 Å². The molecular formula is C18H27N4S+. The Labute approximate surface area is 143 Å². The highest BCUT2D eigenvalue weighted by molar-refractivity contribution is 7.71. The van der Waals surface area contributed by atoms with Crippen molar-refractivity contribution in [1.29, 1.82) is 0 Å². The van der Waals surface area contributed by atoms with Crippen LogP contribution in [0.3, 0.4) is 0 Å². The molecule has 1 aliphatic rings. The first-order chi connectivity index (χ1) is 11.1. The molecule has 2 heterocycles. The predicted octanol–water partition coefficient (Wildman–Crippen LogP) is 2.83. The van der Waals surface area contributed by atoms with Gasteiger partial charge in [-0.25, -0.2) is 0 Å². The number of rotatable bonds is 3. The fourth-order valence-corrected chi connectivity index (χ4v) is 3.72. The fourth-order valence-electron chi connectivity index (χ4n) is 3.46. The number of aromatic nitrogens is 3. The third-order valence-electron chi connectivity index (χ3n) is 4.78. The topological polar surface area (TPSA) is 27.2 Å². The van der Waals surface area contributed by atoms with Crippen LogP contribution in [-0.2, 0) is 6.67 Å². The highest BCUT2D eigenvalue weighted by Crippen LogP contribution is 2.15. The lowest BCUT2D eigenvalue weighted by molar-refractivity contribution is -0.924. The van der Waals surface area contributed by atoms with Gasteiger partial charge >= 0.3 is 0 Å². The Bertz CT molecular complexity index is 708. The molecule has 3 rings (SSSR count). The van der Waals surface area contributed by atoms with E-state index in [4.69, 9.17) is 12.2 Å². The molecule has 1 saturated heterocycles. The van der Waals surface area contributed by atoms with Gasteiger partial charge in [-0.05, 0) is 63.4 Å². The smallest absolute Gasteiger partial charge is 0.207 e. The summed E-state index contributed by atoms with van der Waals surface area (Å²) in [5, 5.41) is 4.56. The van der Waals surface area contributed by atoms with E-state index >= 15 is 0 Å². The molecule has 0 atom stereocenters. The number of likely N-dealkylation sites (tertiary alicyclic amines) is 1. The maximum atomic E-state index is 5.68. The number of benzene rings is 1. The largest absolute Gasteiger partial charge is 0.316 e. The van der Waals surface area contributed by atoms with Crippen molar-refractivity contribution in [3.8, 4) is 5.69 Å². The molecule has 0 radical (unpaired) electrons. The van der Waals surface area contributed by atoms with E-state index in [2.05, 4.69) is 37.1 Å². The molecular weight excluding hydrogens is 304 g/mol. The minimum Gasteiger partial charge on any atom is -0.316 e. The van der Waals surface area contributed by atoms with Crippen LogP contribution in [0, 0.1) is 18.6 Å². The molecule has 1 aromatic carbocycles. The Hall–Kier alpha value is -1.46. The van der Waals surface area contributed by atoms with E-state index in [1.165, 1.54) is 56.3 Å². The molecule has 0 unspecified atom stereocenters. The molecule has 1 aliphatic heterocycles. The van der Waals surface area contributed by atoms with E-state index in [1.54, 1.807) is 4.90 Å². The van der Waals surface area contributed by atoms with Gasteiger partial charge in [0.05, 0.1) is 18.8 Å². The van der Waals surface area contributed by atoms with Crippen LogP contribution >= 0.6 is 12.2 Å². The van der Waals surface area contributed by atoms with Crippen LogP contribution in [0.2, 0.25) is 0 Å². The van der Waals surface area contributed by atoms with Gasteiger partial charge in [0, 0.05) is 0 Å². The molecule has 0 aliphatic carbocycles. The first-order valence-electron chi connectivity index (χ1n) is 8.71. The van der Waals surface area contributed by atoms with Gasteiger partial charge in [-0.3, -0.25) is 4.57 Å². The molecule has 0 amide bonds. The van der Waals surface area contributed by atoms with Gasteiger partial charge < -0.3 is 4.90 Å². The monoisotopic (exact) mass is 331 g/mol. The minimum absolute atomic E-state index is 0.798. The number of hydrogen-bond donors (Lipinski definition) is 1. The third-order valence-corrected chi connectivity index (χ3v) is 5.19. The zero-order chi connectivity index (χ0) is 16.2. The second kappa shape index (κ2) is 7.41. The molecule has 4 nitrogen and oxygen atoms in total. The molecule has 124 valence electrons. The van der Waals surface area contributed by atoms with Gasteiger partial charge in [0.15, 0.2) is 6.67 Å². The zero-order valence-corrected chi connectivity index (χ0v) is 15.0. The lowest BCUT2D eigenvalue weighted by atomic mass is 10.1. The normalized spacial score (nSPS) is 17.0. The molecule has 0 saturated carbocycles. The quantitative estimate of drug-likeness (QED) is 0.876. The highest BCUT2D eigenvalue weighted by atomic mass is 32.1. The maximum absolute atomic E-state index is 5.68. The minimum atomic E-state index is 0.798. The predicted molar refractivity (Wildman–Crippen MR) is 95.6 cm³/mol. The van der Waals surface area contributed by atoms with Crippen molar-refractivity contribution >= 4 is 12.2 Å². The first-order valence-corrected chi connectivity index (χ1v) is 9.11. The molecule has 1 N–H and O–H groups in total. The number of hydrogen-bond acceptors (Lipinski definition) is 2. The summed E-state index contributed by atoms with van der Waals surface area (Å²) in [5.41, 5.74) is 3.64. The van der Waals surface area contributed by atoms with Crippen molar-refractivity contribution in [2.75, 3.05) is 13.1 Å². The van der Waals surface area contributed by atoms with E-state index in [0.717, 1.165) is 17.1 Å². The third kappa shape index (κ3) is 3.90. The van der Waals surface area contributed by atoms with Crippen molar-refractivity contribution < 1.29 is 4.90 Å². The molecule has 0 spiro atoms. The van der Waals surface area contributed by atoms with Crippen molar-refractivity contribution in [2.45, 2.75) is 52.6 Å². The lowest BCUT2D eigenvalue weighted by Gasteiger charge is -2.21. The molecule has 23 heavy (non-hydrogen) atoms. The summed E-state index contributed by atoms with van der Waals surface area (Å²) in [6, 6.07) is 6.46. The molecule has 0 bridgehead atoms. The van der Waals surface area contributed by atoms with Crippen molar-refractivity contribution in [1.82, 2.24) is 14.3 Å². The van der Waals surface area contributed by atoms with Gasteiger partial charge in [-0.15, -0.1) is 0 Å². The summed E-state index contributed by atoms with van der Waals surface area (Å²) >= 11 is 5.68. The SMILES string of the molecule is Cc1ccc(-n2cnn(C[NH+]3CCCCCCC3)c2=S)c(C)c1. The van der Waals surface area contributed by atoms with Crippen LogP contribution in [0.1, 0.15) is 43.2 Å². The summed E-state index contributed by atoms with van der Waals surface area (Å²) in [6.45, 7) is 7.60. The zero-order valence-electron chi connectivity index (χ0n) is 14.2. The van der Waals surface area contributed by atoms with Crippen molar-refractivity contribution in [3.63, 3.8) is 0 Å². The summed E-state index contributed by atoms with van der Waals surface area (Å²) < 4.78 is 4.82. The fraction of sp³-hybridized carbons (Fsp3) is 0.556. The summed E-state index contributed by atoms with van der Waals surface area (Å²) in [6.07, 6.45) is 8.64. The van der Waals surface area contributed by atoms with Crippen LogP contribution < -0.4 is 4.90 Å². The van der Waals surface area contributed by atoms with Crippen LogP contribution in [0.25, 0.3) is 5.69 Å². The Morgan fingerprint density at radius 3 is 2.48 bits per heavy atom. The number of nitrogens with one attached hydrogen (secondary N) is 1. The Morgan fingerprint density at radius 1 is 1.09 bits per heavy atom. The Morgan fingerprint density at radius 2 is 1.78 bits per heavy atom. The van der Waals surface area contributed by atoms with Crippen molar-refractivity contribution in [2.24, 2.45) is 0 Å². The first kappa shape index (κ1) is 16.4. The number of nitrogens with zero attached hydrogens (tertiary/aromatic N) is 3. The van der Waals surface area contributed by atoms with Crippen LogP contribution in [0.4, 0.5) is 0 Å². The van der Waals surface area contributed by atoms with E-state index in [-0.39, 0.29) is 0 Å². The molecule has 2 aromatic rings. The number of aryl methyl sites for hydroxylation is 2. The van der Waals surface area contributed by atoms with Gasteiger partial charge in [0.2, 0.25) is 4.77 Å². The second-order valence-corrected chi connectivity index (χ2v) is 7.11. The molecule has 5 heteroatoms. The lowest BCUT2D eigenvalue weighted by Crippen LogP contribution is -3.11. The maximum Gasteiger partial charge on any atom is 0.207 e. The van der Waals surface area contributed by atoms with Crippen LogP contribution in [0.15, 0.2) is 24.5 Å². The van der Waals surface area contributed by atoms with Gasteiger partial charge in [-0.1, -0.05) is 24.1 Å². The summed E-state index contributed by atoms with van der Waals surface area (Å²) in [7, 11) is 0. The average molecular weight is 332 g/mol. The standard InChI is InChI=1S/C18H26N4S/c1-15-8-9-17(16(2)12-15)21-13-19-22(18(21)23)14-20-10-6-4-3-5-7-11-20/h8-9,12-13H,3-7,10-11,14H2,1-2H3/p+1. The van der Waals surface area contributed by atoms with Gasteiger partial charge in [-0.2, -0.15) is 9.78 Å². The molecule has 1 fully saturated rings. The molecule has 1 aromatic heterocycles. The van der Waals surface area contributed by atoms with E-state index in [1.807, 2.05) is 15.6 Å². The highest BCUT2D eigenvalue weighted by Gasteiger charge is 2.14. The second-order valence-electron chi connectivity index (χ2n) is 6.75. The van der Waals surface area contributed by atoms with E-state index < -0.39 is 0 Å². The van der Waals surface area contributed by atoms with Gasteiger partial charge in [0.1, 0.15) is 6.33 Å². The van der Waals surface area contributed by atoms with E-state index in [9.17, 15) is 0 Å². The van der Waals surface area contributed by atoms with E-state index in [0.29, 0.717) is 0 Å². The van der Waals surface area contributed by atoms with Crippen LogP contribution in [-0.4, -0.2) is 27.4 Å². The van der Waals surface area contributed by atoms with Gasteiger partial charge in [0.25, 0.3) is 0 Å². The summed E-state index contributed by atoms with van der Waals surface area (Å²) in [5.74, 6) is 0. The average Bonchev–Trinajstić information content (AvgIpc) is 2.83. The number of quaternary nitrogens is 1.